The van der Waals surface area contributed by atoms with Crippen LogP contribution in [0.2, 0.25) is 0 Å². The van der Waals surface area contributed by atoms with Gasteiger partial charge in [-0.05, 0) is 42.8 Å². The van der Waals surface area contributed by atoms with Crippen molar-refractivity contribution in [2.45, 2.75) is 6.92 Å². The fraction of sp³-hybridized carbons (Fsp3) is 0.130. The molecule has 0 aliphatic carbocycles. The Balaban J connectivity index is 1.55. The SMILES string of the molecule is COc1ccc(C(=O)Nc2ccc(-c3cn4cccc(C)c4n3)cc2)c(OC)c1. The van der Waals surface area contributed by atoms with E-state index in [0.29, 0.717) is 22.7 Å². The molecule has 0 saturated heterocycles. The van der Waals surface area contributed by atoms with E-state index in [1.807, 2.05) is 60.1 Å². The number of benzene rings is 2. The van der Waals surface area contributed by atoms with E-state index < -0.39 is 0 Å². The molecular formula is C23H21N3O3. The van der Waals surface area contributed by atoms with Gasteiger partial charge in [0.05, 0.1) is 25.5 Å². The molecule has 4 rings (SSSR count). The lowest BCUT2D eigenvalue weighted by Gasteiger charge is -2.11. The molecule has 0 radical (unpaired) electrons. The summed E-state index contributed by atoms with van der Waals surface area (Å²) in [5.41, 5.74) is 5.05. The van der Waals surface area contributed by atoms with Crippen LogP contribution in [0.15, 0.2) is 67.0 Å². The van der Waals surface area contributed by atoms with Crippen LogP contribution in [0, 0.1) is 6.92 Å². The average Bonchev–Trinajstić information content (AvgIpc) is 3.19. The maximum absolute atomic E-state index is 12.7. The number of nitrogens with one attached hydrogen (secondary N) is 1. The predicted octanol–water partition coefficient (Wildman–Crippen LogP) is 4.58. The summed E-state index contributed by atoms with van der Waals surface area (Å²) in [5.74, 6) is 0.838. The van der Waals surface area contributed by atoms with Crippen LogP contribution in [0.3, 0.4) is 0 Å². The second-order valence-corrected chi connectivity index (χ2v) is 6.65. The highest BCUT2D eigenvalue weighted by Gasteiger charge is 2.14. The Hall–Kier alpha value is -3.80. The molecule has 6 nitrogen and oxygen atoms in total. The number of carbonyl (C=O) groups excluding carboxylic acids is 1. The molecule has 4 aromatic rings. The minimum atomic E-state index is -0.249. The highest BCUT2D eigenvalue weighted by Crippen LogP contribution is 2.26. The highest BCUT2D eigenvalue weighted by atomic mass is 16.5. The van der Waals surface area contributed by atoms with Crippen molar-refractivity contribution < 1.29 is 14.3 Å². The average molecular weight is 387 g/mol. The Morgan fingerprint density at radius 3 is 2.52 bits per heavy atom. The number of nitrogens with zero attached hydrogens (tertiary/aromatic N) is 2. The Kier molecular flexibility index (Phi) is 4.91. The number of aromatic nitrogens is 2. The molecule has 0 atom stereocenters. The van der Waals surface area contributed by atoms with E-state index in [4.69, 9.17) is 14.5 Å². The minimum Gasteiger partial charge on any atom is -0.497 e. The molecular weight excluding hydrogens is 366 g/mol. The van der Waals surface area contributed by atoms with Gasteiger partial charge in [0.1, 0.15) is 17.1 Å². The van der Waals surface area contributed by atoms with Crippen molar-refractivity contribution in [2.24, 2.45) is 0 Å². The van der Waals surface area contributed by atoms with E-state index in [2.05, 4.69) is 5.32 Å². The lowest BCUT2D eigenvalue weighted by molar-refractivity contribution is 0.102. The zero-order chi connectivity index (χ0) is 20.4. The number of methoxy groups -OCH3 is 2. The van der Waals surface area contributed by atoms with Crippen LogP contribution in [-0.2, 0) is 0 Å². The van der Waals surface area contributed by atoms with E-state index in [0.717, 1.165) is 22.5 Å². The number of fused-ring (bicyclic) bond motifs is 1. The Labute approximate surface area is 168 Å². The third-order valence-electron chi connectivity index (χ3n) is 4.77. The molecule has 0 bridgehead atoms. The number of rotatable bonds is 5. The maximum Gasteiger partial charge on any atom is 0.259 e. The summed E-state index contributed by atoms with van der Waals surface area (Å²) >= 11 is 0. The molecule has 0 aliphatic rings. The van der Waals surface area contributed by atoms with Crippen LogP contribution in [0.1, 0.15) is 15.9 Å². The Morgan fingerprint density at radius 1 is 1.03 bits per heavy atom. The molecule has 2 aromatic heterocycles. The number of imidazole rings is 1. The number of hydrogen-bond acceptors (Lipinski definition) is 4. The summed E-state index contributed by atoms with van der Waals surface area (Å²) in [6.45, 7) is 2.04. The van der Waals surface area contributed by atoms with Crippen molar-refractivity contribution in [1.82, 2.24) is 9.38 Å². The summed E-state index contributed by atoms with van der Waals surface area (Å²) in [6, 6.07) is 16.7. The summed E-state index contributed by atoms with van der Waals surface area (Å²) in [6.07, 6.45) is 3.98. The van der Waals surface area contributed by atoms with Crippen molar-refractivity contribution in [3.63, 3.8) is 0 Å². The monoisotopic (exact) mass is 387 g/mol. The zero-order valence-corrected chi connectivity index (χ0v) is 16.5. The van der Waals surface area contributed by atoms with E-state index in [1.54, 1.807) is 25.3 Å². The molecule has 0 unspecified atom stereocenters. The van der Waals surface area contributed by atoms with E-state index in [9.17, 15) is 4.79 Å². The smallest absolute Gasteiger partial charge is 0.259 e. The number of ether oxygens (including phenoxy) is 2. The van der Waals surface area contributed by atoms with Gasteiger partial charge in [-0.25, -0.2) is 4.98 Å². The number of anilines is 1. The van der Waals surface area contributed by atoms with Crippen LogP contribution in [-0.4, -0.2) is 29.5 Å². The van der Waals surface area contributed by atoms with Crippen molar-refractivity contribution in [2.75, 3.05) is 19.5 Å². The second-order valence-electron chi connectivity index (χ2n) is 6.65. The maximum atomic E-state index is 12.7. The standard InChI is InChI=1S/C23H21N3O3/c1-15-5-4-12-26-14-20(25-22(15)26)16-6-8-17(9-7-16)24-23(27)19-11-10-18(28-2)13-21(19)29-3/h4-14H,1-3H3,(H,24,27). The Bertz CT molecular complexity index is 1180. The molecule has 29 heavy (non-hydrogen) atoms. The largest absolute Gasteiger partial charge is 0.497 e. The topological polar surface area (TPSA) is 64.9 Å². The van der Waals surface area contributed by atoms with E-state index in [1.165, 1.54) is 7.11 Å². The van der Waals surface area contributed by atoms with Crippen molar-refractivity contribution >= 4 is 17.2 Å². The number of pyridine rings is 1. The molecule has 1 amide bonds. The first-order chi connectivity index (χ1) is 14.1. The minimum absolute atomic E-state index is 0.249. The fourth-order valence-electron chi connectivity index (χ4n) is 3.20. The number of aryl methyl sites for hydroxylation is 1. The summed E-state index contributed by atoms with van der Waals surface area (Å²) in [5, 5.41) is 2.90. The van der Waals surface area contributed by atoms with Crippen LogP contribution in [0.4, 0.5) is 5.69 Å². The molecule has 1 N–H and O–H groups in total. The second kappa shape index (κ2) is 7.67. The number of carbonyl (C=O) groups is 1. The third kappa shape index (κ3) is 3.65. The van der Waals surface area contributed by atoms with Gasteiger partial charge in [0.2, 0.25) is 0 Å². The van der Waals surface area contributed by atoms with Gasteiger partial charge < -0.3 is 19.2 Å². The summed E-state index contributed by atoms with van der Waals surface area (Å²) < 4.78 is 12.5. The molecule has 2 aromatic carbocycles. The van der Waals surface area contributed by atoms with Crippen molar-refractivity contribution in [3.05, 3.63) is 78.1 Å². The molecule has 0 saturated carbocycles. The van der Waals surface area contributed by atoms with Crippen LogP contribution in [0.5, 0.6) is 11.5 Å². The molecule has 146 valence electrons. The van der Waals surface area contributed by atoms with Gasteiger partial charge in [0.25, 0.3) is 5.91 Å². The molecule has 0 fully saturated rings. The van der Waals surface area contributed by atoms with Gasteiger partial charge in [0, 0.05) is 29.7 Å². The van der Waals surface area contributed by atoms with Gasteiger partial charge in [-0.1, -0.05) is 18.2 Å². The number of amides is 1. The van der Waals surface area contributed by atoms with Gasteiger partial charge >= 0.3 is 0 Å². The van der Waals surface area contributed by atoms with E-state index in [-0.39, 0.29) is 5.91 Å². The van der Waals surface area contributed by atoms with Crippen molar-refractivity contribution in [1.29, 1.82) is 0 Å². The Morgan fingerprint density at radius 2 is 1.83 bits per heavy atom. The quantitative estimate of drug-likeness (QED) is 0.544. The van der Waals surface area contributed by atoms with Crippen molar-refractivity contribution in [3.8, 4) is 22.8 Å². The normalized spacial score (nSPS) is 10.7. The lowest BCUT2D eigenvalue weighted by atomic mass is 10.1. The van der Waals surface area contributed by atoms with Crippen LogP contribution >= 0.6 is 0 Å². The summed E-state index contributed by atoms with van der Waals surface area (Å²) in [7, 11) is 3.09. The first-order valence-electron chi connectivity index (χ1n) is 9.17. The lowest BCUT2D eigenvalue weighted by Crippen LogP contribution is -2.13. The highest BCUT2D eigenvalue weighted by molar-refractivity contribution is 6.06. The van der Waals surface area contributed by atoms with Gasteiger partial charge in [-0.15, -0.1) is 0 Å². The summed E-state index contributed by atoms with van der Waals surface area (Å²) in [4.78, 5) is 17.4. The first kappa shape index (κ1) is 18.6. The third-order valence-corrected chi connectivity index (χ3v) is 4.77. The molecule has 0 spiro atoms. The first-order valence-corrected chi connectivity index (χ1v) is 9.17. The predicted molar refractivity (Wildman–Crippen MR) is 113 cm³/mol. The molecule has 0 aliphatic heterocycles. The molecule has 2 heterocycles. The van der Waals surface area contributed by atoms with Gasteiger partial charge in [-0.2, -0.15) is 0 Å². The van der Waals surface area contributed by atoms with Gasteiger partial charge in [0.15, 0.2) is 0 Å². The fourth-order valence-corrected chi connectivity index (χ4v) is 3.20. The molecule has 6 heteroatoms. The van der Waals surface area contributed by atoms with Crippen LogP contribution < -0.4 is 14.8 Å². The van der Waals surface area contributed by atoms with Gasteiger partial charge in [-0.3, -0.25) is 4.79 Å². The zero-order valence-electron chi connectivity index (χ0n) is 16.5. The van der Waals surface area contributed by atoms with E-state index >= 15 is 0 Å². The van der Waals surface area contributed by atoms with Crippen LogP contribution in [0.25, 0.3) is 16.9 Å². The number of hydrogen-bond donors (Lipinski definition) is 1.